The highest BCUT2D eigenvalue weighted by atomic mass is 31.2. The van der Waals surface area contributed by atoms with E-state index in [2.05, 4.69) is 55.4 Å². The van der Waals surface area contributed by atoms with Crippen molar-refractivity contribution in [3.05, 3.63) is 0 Å². The molecular weight excluding hydrogens is 1200 g/mol. The molecule has 0 saturated heterocycles. The van der Waals surface area contributed by atoms with Crippen molar-refractivity contribution in [2.24, 2.45) is 23.7 Å². The number of aliphatic hydroxyl groups excluding tert-OH is 1. The minimum absolute atomic E-state index is 0.101. The third-order valence-corrected chi connectivity index (χ3v) is 18.8. The van der Waals surface area contributed by atoms with Crippen molar-refractivity contribution >= 4 is 39.5 Å². The Bertz CT molecular complexity index is 1800. The van der Waals surface area contributed by atoms with Crippen molar-refractivity contribution in [1.82, 2.24) is 0 Å². The van der Waals surface area contributed by atoms with Gasteiger partial charge in [0, 0.05) is 25.7 Å². The smallest absolute Gasteiger partial charge is 0.462 e. The van der Waals surface area contributed by atoms with Gasteiger partial charge in [-0.2, -0.15) is 0 Å². The van der Waals surface area contributed by atoms with E-state index in [1.165, 1.54) is 148 Å². The highest BCUT2D eigenvalue weighted by molar-refractivity contribution is 7.47. The topological polar surface area (TPSA) is 237 Å². The summed E-state index contributed by atoms with van der Waals surface area (Å²) >= 11 is 0. The Morgan fingerprint density at radius 1 is 0.308 bits per heavy atom. The van der Waals surface area contributed by atoms with Gasteiger partial charge in [-0.1, -0.05) is 306 Å². The van der Waals surface area contributed by atoms with E-state index in [1.54, 1.807) is 0 Å². The average Bonchev–Trinajstić information content (AvgIpc) is 3.71. The van der Waals surface area contributed by atoms with Gasteiger partial charge in [0.05, 0.1) is 26.4 Å². The molecule has 0 heterocycles. The number of phosphoric ester groups is 2. The van der Waals surface area contributed by atoms with Crippen LogP contribution in [0.4, 0.5) is 0 Å². The molecule has 0 amide bonds. The summed E-state index contributed by atoms with van der Waals surface area (Å²) in [5.74, 6) is 0.816. The van der Waals surface area contributed by atoms with Crippen molar-refractivity contribution < 1.29 is 80.2 Å². The summed E-state index contributed by atoms with van der Waals surface area (Å²) in [4.78, 5) is 72.4. The lowest BCUT2D eigenvalue weighted by Gasteiger charge is -2.21. The first-order valence-electron chi connectivity index (χ1n) is 37.2. The van der Waals surface area contributed by atoms with Crippen LogP contribution in [0.15, 0.2) is 0 Å². The Balaban J connectivity index is 5.13. The summed E-state index contributed by atoms with van der Waals surface area (Å²) in [6.45, 7) is 14.0. The SMILES string of the molecule is CCC(C)CCCCCCCCCCCCCCCCCCCCC(=O)O[C@H](COC(=O)CCCCCCCCCC(C)C)COP(=O)(O)OCC(O)COP(=O)(O)OC[C@@H](COC(=O)CCCCCCCCCC(C)C)OC(=O)CCCCCCCCC(C)C. The lowest BCUT2D eigenvalue weighted by atomic mass is 9.99. The third kappa shape index (κ3) is 65.1. The van der Waals surface area contributed by atoms with Crippen LogP contribution in [-0.2, 0) is 65.4 Å². The number of rotatable bonds is 69. The quantitative estimate of drug-likeness (QED) is 0.0222. The molecule has 0 bridgehead atoms. The molecule has 0 aromatic rings. The number of phosphoric acid groups is 2. The summed E-state index contributed by atoms with van der Waals surface area (Å²) in [7, 11) is -9.90. The third-order valence-electron chi connectivity index (χ3n) is 16.9. The summed E-state index contributed by atoms with van der Waals surface area (Å²) in [5.41, 5.74) is 0. The fourth-order valence-electron chi connectivity index (χ4n) is 10.8. The van der Waals surface area contributed by atoms with Crippen LogP contribution in [0, 0.1) is 23.7 Å². The molecule has 17 nitrogen and oxygen atoms in total. The standard InChI is InChI=1S/C72H140O17P2/c1-9-65(8)51-43-35-26-20-18-16-14-12-10-11-13-15-17-19-21-27-38-46-54-71(76)88-67(58-82-69(74)52-44-36-28-22-24-32-40-48-62(2)3)60-86-90(78,79)84-56-66(73)57-85-91(80,81)87-61-68(89-72(77)55-47-39-31-30-34-42-50-64(6)7)59-83-70(75)53-45-37-29-23-25-33-41-49-63(4)5/h62-68,73H,9-61H2,1-8H3,(H,78,79)(H,80,81)/t65?,66?,67-,68-/m1/s1. The molecule has 0 aliphatic rings. The zero-order valence-electron chi connectivity index (χ0n) is 59.5. The molecule has 0 aromatic heterocycles. The van der Waals surface area contributed by atoms with E-state index < -0.39 is 97.5 Å². The van der Waals surface area contributed by atoms with E-state index in [1.807, 2.05) is 0 Å². The molecule has 6 atom stereocenters. The van der Waals surface area contributed by atoms with Crippen LogP contribution in [-0.4, -0.2) is 96.7 Å². The Morgan fingerprint density at radius 3 is 0.780 bits per heavy atom. The Hall–Kier alpha value is -1.94. The van der Waals surface area contributed by atoms with E-state index in [9.17, 15) is 43.2 Å². The fourth-order valence-corrected chi connectivity index (χ4v) is 12.4. The predicted octanol–water partition coefficient (Wildman–Crippen LogP) is 20.5. The summed E-state index contributed by atoms with van der Waals surface area (Å²) in [6, 6.07) is 0. The molecule has 3 N–H and O–H groups in total. The maximum absolute atomic E-state index is 13.0. The van der Waals surface area contributed by atoms with Gasteiger partial charge in [0.25, 0.3) is 0 Å². The van der Waals surface area contributed by atoms with E-state index in [-0.39, 0.29) is 25.7 Å². The molecule has 0 aliphatic carbocycles. The molecule has 91 heavy (non-hydrogen) atoms. The van der Waals surface area contributed by atoms with Gasteiger partial charge in [-0.3, -0.25) is 37.3 Å². The Kier molecular flexibility index (Phi) is 60.3. The van der Waals surface area contributed by atoms with Gasteiger partial charge in [-0.25, -0.2) is 9.13 Å². The number of ether oxygens (including phenoxy) is 4. The summed E-state index contributed by atoms with van der Waals surface area (Å²) in [6.07, 6.45) is 45.0. The van der Waals surface area contributed by atoms with Crippen molar-refractivity contribution in [1.29, 1.82) is 0 Å². The van der Waals surface area contributed by atoms with E-state index >= 15 is 0 Å². The van der Waals surface area contributed by atoms with Gasteiger partial charge in [-0.05, 0) is 49.4 Å². The fraction of sp³-hybridized carbons (Fsp3) is 0.944. The zero-order valence-corrected chi connectivity index (χ0v) is 61.3. The van der Waals surface area contributed by atoms with Crippen LogP contribution in [0.5, 0.6) is 0 Å². The second kappa shape index (κ2) is 61.6. The second-order valence-corrected chi connectivity index (χ2v) is 30.6. The van der Waals surface area contributed by atoms with Gasteiger partial charge in [0.1, 0.15) is 19.3 Å². The van der Waals surface area contributed by atoms with Crippen molar-refractivity contribution in [3.8, 4) is 0 Å². The first-order chi connectivity index (χ1) is 43.6. The summed E-state index contributed by atoms with van der Waals surface area (Å²) in [5, 5.41) is 10.6. The predicted molar refractivity (Wildman–Crippen MR) is 367 cm³/mol. The van der Waals surface area contributed by atoms with Gasteiger partial charge in [-0.15, -0.1) is 0 Å². The number of hydrogen-bond acceptors (Lipinski definition) is 15. The molecular formula is C72H140O17P2. The number of unbranched alkanes of at least 4 members (excludes halogenated alkanes) is 34. The molecule has 0 rings (SSSR count). The monoisotopic (exact) mass is 1340 g/mol. The first-order valence-corrected chi connectivity index (χ1v) is 40.2. The van der Waals surface area contributed by atoms with Crippen LogP contribution < -0.4 is 0 Å². The zero-order chi connectivity index (χ0) is 67.5. The number of aliphatic hydroxyl groups is 1. The lowest BCUT2D eigenvalue weighted by Crippen LogP contribution is -2.30. The number of hydrogen-bond donors (Lipinski definition) is 3. The lowest BCUT2D eigenvalue weighted by molar-refractivity contribution is -0.161. The van der Waals surface area contributed by atoms with Crippen molar-refractivity contribution in [3.63, 3.8) is 0 Å². The molecule has 0 fully saturated rings. The highest BCUT2D eigenvalue weighted by Gasteiger charge is 2.30. The summed E-state index contributed by atoms with van der Waals surface area (Å²) < 4.78 is 68.2. The molecule has 540 valence electrons. The van der Waals surface area contributed by atoms with Crippen molar-refractivity contribution in [2.45, 2.75) is 375 Å². The Labute approximate surface area is 556 Å². The van der Waals surface area contributed by atoms with Crippen LogP contribution >= 0.6 is 15.6 Å². The van der Waals surface area contributed by atoms with Crippen LogP contribution in [0.3, 0.4) is 0 Å². The molecule has 0 aromatic carbocycles. The maximum Gasteiger partial charge on any atom is 0.472 e. The minimum Gasteiger partial charge on any atom is -0.462 e. The van der Waals surface area contributed by atoms with Crippen molar-refractivity contribution in [2.75, 3.05) is 39.6 Å². The van der Waals surface area contributed by atoms with E-state index in [4.69, 9.17) is 37.0 Å². The van der Waals surface area contributed by atoms with Gasteiger partial charge >= 0.3 is 39.5 Å². The van der Waals surface area contributed by atoms with E-state index in [0.29, 0.717) is 43.4 Å². The van der Waals surface area contributed by atoms with Crippen LogP contribution in [0.25, 0.3) is 0 Å². The van der Waals surface area contributed by atoms with Gasteiger partial charge in [0.15, 0.2) is 12.2 Å². The van der Waals surface area contributed by atoms with Gasteiger partial charge < -0.3 is 33.8 Å². The molecule has 0 spiro atoms. The van der Waals surface area contributed by atoms with E-state index in [0.717, 1.165) is 109 Å². The second-order valence-electron chi connectivity index (χ2n) is 27.6. The number of carbonyl (C=O) groups excluding carboxylic acids is 4. The van der Waals surface area contributed by atoms with Crippen LogP contribution in [0.1, 0.15) is 357 Å². The maximum atomic E-state index is 13.0. The van der Waals surface area contributed by atoms with Gasteiger partial charge in [0.2, 0.25) is 0 Å². The average molecular weight is 1340 g/mol. The highest BCUT2D eigenvalue weighted by Crippen LogP contribution is 2.45. The normalized spacial score (nSPS) is 14.5. The number of esters is 4. The molecule has 0 radical (unpaired) electrons. The minimum atomic E-state index is -4.95. The first kappa shape index (κ1) is 89.1. The molecule has 0 saturated carbocycles. The van der Waals surface area contributed by atoms with Crippen LogP contribution in [0.2, 0.25) is 0 Å². The Morgan fingerprint density at radius 2 is 0.527 bits per heavy atom. The number of carbonyl (C=O) groups is 4. The largest absolute Gasteiger partial charge is 0.472 e. The molecule has 19 heteroatoms. The molecule has 0 aliphatic heterocycles. The molecule has 4 unspecified atom stereocenters.